The molecule has 0 aromatic heterocycles. The zero-order valence-corrected chi connectivity index (χ0v) is 38.9. The van der Waals surface area contributed by atoms with E-state index in [2.05, 4.69) is 31.3 Å². The summed E-state index contributed by atoms with van der Waals surface area (Å²) in [7, 11) is 0. The van der Waals surface area contributed by atoms with Gasteiger partial charge in [-0.3, -0.25) is 4.79 Å². The number of aliphatic hydroxyl groups excluding tert-OH is 2. The van der Waals surface area contributed by atoms with Crippen LogP contribution >= 0.6 is 0 Å². The summed E-state index contributed by atoms with van der Waals surface area (Å²) in [4.78, 5) is 12.4. The molecule has 2 atom stereocenters. The molecule has 0 aromatic rings. The Morgan fingerprint density at radius 2 is 0.684 bits per heavy atom. The number of unbranched alkanes of at least 4 members (excludes halogenated alkanes) is 39. The topological polar surface area (TPSA) is 69.6 Å². The van der Waals surface area contributed by atoms with Crippen molar-refractivity contribution in [1.82, 2.24) is 5.32 Å². The molecule has 0 radical (unpaired) electrons. The molecule has 0 saturated carbocycles. The van der Waals surface area contributed by atoms with Gasteiger partial charge in [-0.25, -0.2) is 0 Å². The lowest BCUT2D eigenvalue weighted by Crippen LogP contribution is -2.45. The predicted octanol–water partition coefficient (Wildman–Crippen LogP) is 16.8. The third-order valence-electron chi connectivity index (χ3n) is 12.2. The lowest BCUT2D eigenvalue weighted by molar-refractivity contribution is -0.123. The van der Waals surface area contributed by atoms with E-state index in [1.165, 1.54) is 238 Å². The molecule has 4 nitrogen and oxygen atoms in total. The molecule has 0 heterocycles. The number of carbonyl (C=O) groups is 1. The second kappa shape index (κ2) is 49.2. The minimum atomic E-state index is -0.858. The summed E-state index contributed by atoms with van der Waals surface area (Å²) in [5.41, 5.74) is 0. The van der Waals surface area contributed by atoms with Gasteiger partial charge in [-0.1, -0.05) is 276 Å². The van der Waals surface area contributed by atoms with E-state index < -0.39 is 12.1 Å². The molecular weight excluding hydrogens is 699 g/mol. The lowest BCUT2D eigenvalue weighted by atomic mass is 10.0. The third kappa shape index (κ3) is 45.8. The van der Waals surface area contributed by atoms with Crippen molar-refractivity contribution in [3.63, 3.8) is 0 Å². The van der Waals surface area contributed by atoms with E-state index in [-0.39, 0.29) is 12.5 Å². The average Bonchev–Trinajstić information content (AvgIpc) is 3.22. The van der Waals surface area contributed by atoms with Crippen molar-refractivity contribution in [1.29, 1.82) is 0 Å². The highest BCUT2D eigenvalue weighted by Gasteiger charge is 2.17. The number of aliphatic hydroxyl groups is 2. The van der Waals surface area contributed by atoms with E-state index in [4.69, 9.17) is 0 Å². The Hall–Kier alpha value is -1.13. The first-order valence-corrected chi connectivity index (χ1v) is 26.1. The van der Waals surface area contributed by atoms with Gasteiger partial charge in [0.15, 0.2) is 0 Å². The van der Waals surface area contributed by atoms with E-state index in [0.29, 0.717) is 6.42 Å². The minimum absolute atomic E-state index is 0.0681. The maximum absolute atomic E-state index is 12.4. The van der Waals surface area contributed by atoms with Crippen molar-refractivity contribution < 1.29 is 15.0 Å². The van der Waals surface area contributed by atoms with Gasteiger partial charge >= 0.3 is 0 Å². The number of allylic oxidation sites excluding steroid dienone is 3. The molecule has 338 valence electrons. The second-order valence-corrected chi connectivity index (χ2v) is 17.9. The molecule has 4 heteroatoms. The SMILES string of the molecule is CCCCCCCCCCCC/C=C/CC/C=C/C(O)C(CO)NC(=O)CCCCCCCCCCCCCCCCCCCCCCCCCCCCCCC. The summed E-state index contributed by atoms with van der Waals surface area (Å²) in [6, 6.07) is -0.635. The maximum atomic E-state index is 12.4. The fourth-order valence-electron chi connectivity index (χ4n) is 8.20. The molecule has 2 unspecified atom stereocenters. The first-order chi connectivity index (χ1) is 28.2. The summed E-state index contributed by atoms with van der Waals surface area (Å²) < 4.78 is 0. The number of carbonyl (C=O) groups excluding carboxylic acids is 1. The Kier molecular flexibility index (Phi) is 48.3. The van der Waals surface area contributed by atoms with Gasteiger partial charge in [0.25, 0.3) is 0 Å². The van der Waals surface area contributed by atoms with Gasteiger partial charge in [0.05, 0.1) is 18.8 Å². The van der Waals surface area contributed by atoms with Crippen molar-refractivity contribution in [3.05, 3.63) is 24.3 Å². The molecule has 0 aromatic carbocycles. The Balaban J connectivity index is 3.46. The smallest absolute Gasteiger partial charge is 0.220 e. The van der Waals surface area contributed by atoms with Crippen LogP contribution in [0.4, 0.5) is 0 Å². The van der Waals surface area contributed by atoms with Crippen LogP contribution in [0.25, 0.3) is 0 Å². The van der Waals surface area contributed by atoms with Crippen molar-refractivity contribution in [3.8, 4) is 0 Å². The van der Waals surface area contributed by atoms with E-state index in [9.17, 15) is 15.0 Å². The molecule has 0 fully saturated rings. The summed E-state index contributed by atoms with van der Waals surface area (Å²) in [6.07, 6.45) is 64.7. The number of hydrogen-bond donors (Lipinski definition) is 3. The largest absolute Gasteiger partial charge is 0.394 e. The van der Waals surface area contributed by atoms with Crippen molar-refractivity contribution >= 4 is 5.91 Å². The van der Waals surface area contributed by atoms with Crippen molar-refractivity contribution in [2.75, 3.05) is 6.61 Å². The van der Waals surface area contributed by atoms with Crippen LogP contribution in [0.5, 0.6) is 0 Å². The Labute approximate surface area is 358 Å². The first kappa shape index (κ1) is 55.9. The monoisotopic (exact) mass is 802 g/mol. The van der Waals surface area contributed by atoms with Crippen molar-refractivity contribution in [2.45, 2.75) is 302 Å². The molecule has 0 spiro atoms. The summed E-state index contributed by atoms with van der Waals surface area (Å²) in [5.74, 6) is -0.0681. The predicted molar refractivity (Wildman–Crippen MR) is 253 cm³/mol. The molecule has 0 bridgehead atoms. The van der Waals surface area contributed by atoms with Gasteiger partial charge in [-0.15, -0.1) is 0 Å². The number of nitrogens with one attached hydrogen (secondary N) is 1. The van der Waals surface area contributed by atoms with Gasteiger partial charge in [0, 0.05) is 6.42 Å². The Morgan fingerprint density at radius 1 is 0.404 bits per heavy atom. The highest BCUT2D eigenvalue weighted by molar-refractivity contribution is 5.76. The molecule has 1 amide bonds. The third-order valence-corrected chi connectivity index (χ3v) is 12.2. The summed E-state index contributed by atoms with van der Waals surface area (Å²) >= 11 is 0. The quantitative estimate of drug-likeness (QED) is 0.0424. The molecule has 0 saturated heterocycles. The van der Waals surface area contributed by atoms with Crippen LogP contribution in [0.3, 0.4) is 0 Å². The molecule has 0 aliphatic carbocycles. The van der Waals surface area contributed by atoms with Crippen LogP contribution < -0.4 is 5.32 Å². The number of rotatable bonds is 48. The van der Waals surface area contributed by atoms with E-state index >= 15 is 0 Å². The highest BCUT2D eigenvalue weighted by atomic mass is 16.3. The molecule has 0 rings (SSSR count). The van der Waals surface area contributed by atoms with E-state index in [0.717, 1.165) is 32.1 Å². The number of amides is 1. The number of hydrogen-bond acceptors (Lipinski definition) is 3. The second-order valence-electron chi connectivity index (χ2n) is 17.9. The first-order valence-electron chi connectivity index (χ1n) is 26.1. The highest BCUT2D eigenvalue weighted by Crippen LogP contribution is 2.17. The zero-order valence-electron chi connectivity index (χ0n) is 38.9. The molecule has 3 N–H and O–H groups in total. The fourth-order valence-corrected chi connectivity index (χ4v) is 8.20. The fraction of sp³-hybridized carbons (Fsp3) is 0.906. The molecular formula is C53H103NO3. The Morgan fingerprint density at radius 3 is 1.02 bits per heavy atom. The van der Waals surface area contributed by atoms with Crippen LogP contribution in [0.15, 0.2) is 24.3 Å². The molecule has 57 heavy (non-hydrogen) atoms. The summed E-state index contributed by atoms with van der Waals surface area (Å²) in [5, 5.41) is 23.1. The van der Waals surface area contributed by atoms with Gasteiger partial charge in [-0.05, 0) is 32.1 Å². The molecule has 0 aliphatic heterocycles. The van der Waals surface area contributed by atoms with Crippen LogP contribution in [0.1, 0.15) is 290 Å². The molecule has 0 aliphatic rings. The van der Waals surface area contributed by atoms with Crippen LogP contribution in [0, 0.1) is 0 Å². The minimum Gasteiger partial charge on any atom is -0.394 e. The zero-order chi connectivity index (χ0) is 41.4. The van der Waals surface area contributed by atoms with Crippen LogP contribution in [-0.2, 0) is 4.79 Å². The van der Waals surface area contributed by atoms with Gasteiger partial charge < -0.3 is 15.5 Å². The maximum Gasteiger partial charge on any atom is 0.220 e. The normalized spacial score (nSPS) is 13.0. The average molecular weight is 802 g/mol. The van der Waals surface area contributed by atoms with Crippen LogP contribution in [0.2, 0.25) is 0 Å². The van der Waals surface area contributed by atoms with Gasteiger partial charge in [0.2, 0.25) is 5.91 Å². The lowest BCUT2D eigenvalue weighted by Gasteiger charge is -2.19. The van der Waals surface area contributed by atoms with Crippen LogP contribution in [-0.4, -0.2) is 34.9 Å². The van der Waals surface area contributed by atoms with Gasteiger partial charge in [0.1, 0.15) is 0 Å². The van der Waals surface area contributed by atoms with Gasteiger partial charge in [-0.2, -0.15) is 0 Å². The van der Waals surface area contributed by atoms with E-state index in [1.807, 2.05) is 6.08 Å². The summed E-state index contributed by atoms with van der Waals surface area (Å²) in [6.45, 7) is 4.32. The standard InChI is InChI=1S/C53H103NO3/c1-3-5-7-9-11-13-15-17-19-21-22-23-24-25-26-27-28-29-30-31-32-33-35-37-39-41-43-45-47-49-53(57)54-51(50-55)52(56)48-46-44-42-40-38-36-34-20-18-16-14-12-10-8-6-4-2/h38,40,46,48,51-52,55-56H,3-37,39,41-45,47,49-50H2,1-2H3,(H,54,57)/b40-38+,48-46+. The Bertz CT molecular complexity index is 825. The van der Waals surface area contributed by atoms with E-state index in [1.54, 1.807) is 6.08 Å². The van der Waals surface area contributed by atoms with Crippen molar-refractivity contribution in [2.24, 2.45) is 0 Å².